The molecule has 2 saturated heterocycles. The summed E-state index contributed by atoms with van der Waals surface area (Å²) < 4.78 is 64.0. The van der Waals surface area contributed by atoms with Crippen LogP contribution in [0.2, 0.25) is 0 Å². The minimum Gasteiger partial charge on any atom is -0.497 e. The first-order valence-corrected chi connectivity index (χ1v) is 31.7. The molecule has 0 spiro atoms. The number of nitrogens with zero attached hydrogens (tertiary/aromatic N) is 6. The number of pyridine rings is 2. The van der Waals surface area contributed by atoms with Crippen molar-refractivity contribution < 1.29 is 64.8 Å². The topological polar surface area (TPSA) is 257 Å². The summed E-state index contributed by atoms with van der Waals surface area (Å²) in [4.78, 5) is 100. The van der Waals surface area contributed by atoms with Gasteiger partial charge in [-0.3, -0.25) is 19.2 Å². The molecule has 6 heterocycles. The fraction of sp³-hybridized carbons (Fsp3) is 0.229. The van der Waals surface area contributed by atoms with Crippen molar-refractivity contribution in [2.75, 3.05) is 27.3 Å². The number of methoxy groups -OCH3 is 2. The molecular formula is C70H66N8O16S. The summed E-state index contributed by atoms with van der Waals surface area (Å²) >= 11 is 0. The van der Waals surface area contributed by atoms with Crippen molar-refractivity contribution >= 4 is 34.3 Å². The smallest absolute Gasteiger partial charge is 0.442 e. The Bertz CT molecular complexity index is 4070. The van der Waals surface area contributed by atoms with E-state index in [0.717, 1.165) is 43.2 Å². The van der Waals surface area contributed by atoms with Crippen LogP contribution in [0.15, 0.2) is 227 Å². The van der Waals surface area contributed by atoms with Crippen molar-refractivity contribution in [3.63, 3.8) is 0 Å². The summed E-state index contributed by atoms with van der Waals surface area (Å²) in [5.41, 5.74) is 4.88. The van der Waals surface area contributed by atoms with Crippen LogP contribution in [-0.2, 0) is 54.9 Å². The molecule has 4 atom stereocenters. The molecule has 95 heavy (non-hydrogen) atoms. The molecule has 24 nitrogen and oxygen atoms in total. The Hall–Kier alpha value is -11.2. The Morgan fingerprint density at radius 1 is 0.495 bits per heavy atom. The molecule has 6 aromatic carbocycles. The zero-order valence-corrected chi connectivity index (χ0v) is 52.8. The lowest BCUT2D eigenvalue weighted by Gasteiger charge is -2.28. The number of hydrogen-bond acceptors (Lipinski definition) is 16. The summed E-state index contributed by atoms with van der Waals surface area (Å²) in [5.74, 6) is -0.142. The fourth-order valence-corrected chi connectivity index (χ4v) is 12.2. The molecule has 2 aromatic heterocycles. The number of hydrogen-bond donors (Lipinski definition) is 2. The molecule has 6 amide bonds. The number of carbonyl (C=O) groups excluding carboxylic acids is 4. The third kappa shape index (κ3) is 14.3. The molecule has 0 aliphatic carbocycles. The monoisotopic (exact) mass is 1310 g/mol. The van der Waals surface area contributed by atoms with Gasteiger partial charge in [0.25, 0.3) is 0 Å². The van der Waals surface area contributed by atoms with Gasteiger partial charge in [0.2, 0.25) is 22.7 Å². The lowest BCUT2D eigenvalue weighted by molar-refractivity contribution is -0.125. The van der Waals surface area contributed by atoms with E-state index in [9.17, 15) is 37.2 Å². The minimum absolute atomic E-state index is 0.0374. The highest BCUT2D eigenvalue weighted by Gasteiger charge is 2.52. The quantitative estimate of drug-likeness (QED) is 0.0497. The van der Waals surface area contributed by atoms with E-state index in [1.54, 1.807) is 52.3 Å². The van der Waals surface area contributed by atoms with Gasteiger partial charge in [-0.25, -0.2) is 9.59 Å². The Labute approximate surface area is 546 Å². The van der Waals surface area contributed by atoms with Crippen molar-refractivity contribution in [3.05, 3.63) is 283 Å². The number of benzene rings is 6. The zero-order valence-electron chi connectivity index (χ0n) is 52.0. The number of rotatable bonds is 26. The van der Waals surface area contributed by atoms with Crippen LogP contribution < -0.4 is 50.1 Å². The molecule has 4 aliphatic heterocycles. The second kappa shape index (κ2) is 28.0. The minimum atomic E-state index is -5.30. The molecule has 2 N–H and O–H groups in total. The van der Waals surface area contributed by atoms with Gasteiger partial charge in [0.15, 0.2) is 23.7 Å². The molecule has 2 fully saturated rings. The number of carbonyl (C=O) groups is 4. The lowest BCUT2D eigenvalue weighted by atomic mass is 10.0. The first kappa shape index (κ1) is 64.0. The normalized spacial score (nSPS) is 17.3. The van der Waals surface area contributed by atoms with E-state index >= 15 is 0 Å². The molecular weight excluding hydrogens is 1240 g/mol. The van der Waals surface area contributed by atoms with E-state index < -0.39 is 81.5 Å². The summed E-state index contributed by atoms with van der Waals surface area (Å²) in [6.45, 7) is 2.36. The molecule has 8 aromatic rings. The Morgan fingerprint density at radius 2 is 0.832 bits per heavy atom. The predicted octanol–water partition coefficient (Wildman–Crippen LogP) is 7.53. The van der Waals surface area contributed by atoms with Crippen LogP contribution in [-0.4, -0.2) is 113 Å². The third-order valence-electron chi connectivity index (χ3n) is 16.6. The molecule has 4 aliphatic rings. The van der Waals surface area contributed by atoms with Gasteiger partial charge in [0.1, 0.15) is 48.9 Å². The van der Waals surface area contributed by atoms with Crippen LogP contribution in [0.4, 0.5) is 9.59 Å². The van der Waals surface area contributed by atoms with Crippen molar-refractivity contribution in [2.45, 2.75) is 76.5 Å². The second-order valence-electron chi connectivity index (χ2n) is 22.8. The van der Waals surface area contributed by atoms with Crippen LogP contribution in [0, 0.1) is 0 Å². The van der Waals surface area contributed by atoms with Crippen molar-refractivity contribution in [2.24, 2.45) is 0 Å². The van der Waals surface area contributed by atoms with Crippen molar-refractivity contribution in [1.29, 1.82) is 0 Å². The highest BCUT2D eigenvalue weighted by atomic mass is 32.3. The lowest BCUT2D eigenvalue weighted by Crippen LogP contribution is -2.48. The van der Waals surface area contributed by atoms with Gasteiger partial charge in [-0.1, -0.05) is 158 Å². The largest absolute Gasteiger partial charge is 0.497 e. The third-order valence-corrected chi connectivity index (χ3v) is 17.3. The van der Waals surface area contributed by atoms with E-state index in [1.807, 2.05) is 146 Å². The molecule has 12 rings (SSSR count). The highest BCUT2D eigenvalue weighted by molar-refractivity contribution is 7.81. The molecule has 25 heteroatoms. The summed E-state index contributed by atoms with van der Waals surface area (Å²) in [6, 6.07) is 48.0. The first-order chi connectivity index (χ1) is 46.0. The number of nitrogens with one attached hydrogen (secondary N) is 2. The second-order valence-corrected chi connectivity index (χ2v) is 23.9. The van der Waals surface area contributed by atoms with Crippen LogP contribution >= 0.6 is 0 Å². The first-order valence-electron chi connectivity index (χ1n) is 30.3. The van der Waals surface area contributed by atoms with E-state index in [1.165, 1.54) is 46.1 Å². The predicted molar refractivity (Wildman–Crippen MR) is 344 cm³/mol. The summed E-state index contributed by atoms with van der Waals surface area (Å²) in [6.07, 6.45) is 4.40. The number of fused-ring (bicyclic) bond motifs is 4. The number of hydroxylamine groups is 4. The molecule has 0 radical (unpaired) electrons. The van der Waals surface area contributed by atoms with E-state index in [0.29, 0.717) is 32.8 Å². The van der Waals surface area contributed by atoms with Crippen LogP contribution in [0.25, 0.3) is 0 Å². The van der Waals surface area contributed by atoms with Crippen LogP contribution in [0.5, 0.6) is 23.0 Å². The van der Waals surface area contributed by atoms with Gasteiger partial charge in [0, 0.05) is 12.1 Å². The molecule has 488 valence electrons. The number of urea groups is 2. The number of amides is 6. The Morgan fingerprint density at radius 3 is 1.16 bits per heavy atom. The summed E-state index contributed by atoms with van der Waals surface area (Å²) in [5, 5.41) is 6.78. The standard InChI is InChI=1S/C70H66N8O16S/c1-45-33-57(67(81)71-37-53-35-61(79)63(89-43-47-25-29-55(87-3)30-26-47)41-75(53)91-65(49-17-9-5-10-18-49)50-19-11-6-12-20-50)73-39-59(45)77(69(73)83)93-95(85,86)94-78-60-40-74(70(78)84)58(34-46(60)2)68(82)72-38-54-36-62(80)64(90-44-48-27-31-56(88-4)32-28-48)42-76(54)92-66(51-21-13-7-14-22-51)52-23-15-8-16-24-52/h5-36,41-42,57-60,65-66H,37-40,43-44H2,1-4H3,(H,71,81)(H,72,82). The molecule has 4 bridgehead atoms. The maximum absolute atomic E-state index is 14.3. The number of aromatic nitrogens is 2. The van der Waals surface area contributed by atoms with E-state index in [4.69, 9.17) is 37.2 Å². The van der Waals surface area contributed by atoms with Crippen LogP contribution in [0.1, 0.15) is 70.8 Å². The van der Waals surface area contributed by atoms with Gasteiger partial charge in [-0.2, -0.15) is 28.0 Å². The Kier molecular flexibility index (Phi) is 18.8. The van der Waals surface area contributed by atoms with Gasteiger partial charge in [-0.05, 0) is 82.6 Å². The van der Waals surface area contributed by atoms with Crippen molar-refractivity contribution in [3.8, 4) is 23.0 Å². The van der Waals surface area contributed by atoms with Gasteiger partial charge in [0.05, 0.1) is 64.2 Å². The van der Waals surface area contributed by atoms with E-state index in [2.05, 4.69) is 10.6 Å². The molecule has 0 saturated carbocycles. The maximum atomic E-state index is 14.3. The average molecular weight is 1310 g/mol. The van der Waals surface area contributed by atoms with Crippen molar-refractivity contribution in [1.82, 2.24) is 40.0 Å². The Balaban J connectivity index is 0.709. The SMILES string of the molecule is COc1ccc(COc2cn(OC(c3ccccc3)c3ccccc3)c(CNC(=O)C3C=C(C)C4CN3C(=O)N4OS(=O)(=O)ON3C(=O)N4CC3C(C)=CC4C(=O)NCc3cc(=O)c(OCc4ccc(OC)cc4)cn3OC(c3ccccc3)c3ccccc3)cc2=O)cc1. The molecule has 4 unspecified atom stereocenters. The summed E-state index contributed by atoms with van der Waals surface area (Å²) in [7, 11) is -2.18. The number of ether oxygens (including phenoxy) is 4. The maximum Gasteiger partial charge on any atom is 0.442 e. The highest BCUT2D eigenvalue weighted by Crippen LogP contribution is 2.35. The zero-order chi connectivity index (χ0) is 66.3. The van der Waals surface area contributed by atoms with Crippen LogP contribution in [0.3, 0.4) is 0 Å². The van der Waals surface area contributed by atoms with E-state index in [-0.39, 0.29) is 62.3 Å². The van der Waals surface area contributed by atoms with Gasteiger partial charge >= 0.3 is 22.5 Å². The van der Waals surface area contributed by atoms with Gasteiger partial charge < -0.3 is 49.1 Å². The van der Waals surface area contributed by atoms with Gasteiger partial charge in [-0.15, -0.1) is 8.57 Å². The fourth-order valence-electron chi connectivity index (χ4n) is 11.5. The average Bonchev–Trinajstić information content (AvgIpc) is 1.62.